The van der Waals surface area contributed by atoms with E-state index in [2.05, 4.69) is 21.0 Å². The predicted octanol–water partition coefficient (Wildman–Crippen LogP) is 2.28. The Bertz CT molecular complexity index is 681. The molecule has 1 saturated carbocycles. The van der Waals surface area contributed by atoms with Crippen LogP contribution in [0.2, 0.25) is 0 Å². The normalized spacial score (nSPS) is 27.1. The third kappa shape index (κ3) is 2.30. The van der Waals surface area contributed by atoms with Crippen LogP contribution in [-0.4, -0.2) is 32.1 Å². The third-order valence-electron chi connectivity index (χ3n) is 4.87. The molecule has 2 aromatic rings. The number of carbonyl (C=O) groups is 1. The summed E-state index contributed by atoms with van der Waals surface area (Å²) in [4.78, 5) is 19.1. The van der Waals surface area contributed by atoms with Crippen molar-refractivity contribution >= 4 is 5.91 Å². The molecule has 0 N–H and O–H groups in total. The maximum Gasteiger partial charge on any atom is 0.226 e. The van der Waals surface area contributed by atoms with Crippen LogP contribution < -0.4 is 0 Å². The van der Waals surface area contributed by atoms with Crippen LogP contribution in [0.4, 0.5) is 0 Å². The molecule has 4 rings (SSSR count). The quantitative estimate of drug-likeness (QED) is 0.873. The van der Waals surface area contributed by atoms with Crippen molar-refractivity contribution in [2.75, 3.05) is 6.54 Å². The Balaban J connectivity index is 1.49. The van der Waals surface area contributed by atoms with Crippen molar-refractivity contribution in [2.45, 2.75) is 31.2 Å². The fourth-order valence-electron chi connectivity index (χ4n) is 3.63. The largest absolute Gasteiger partial charge is 0.335 e. The Morgan fingerprint density at radius 3 is 2.95 bits per heavy atom. The van der Waals surface area contributed by atoms with Crippen molar-refractivity contribution in [3.8, 4) is 0 Å². The maximum absolute atomic E-state index is 12.9. The monoisotopic (exact) mass is 296 g/mol. The first-order chi connectivity index (χ1) is 10.7. The number of hydrogen-bond acceptors (Lipinski definition) is 3. The Morgan fingerprint density at radius 1 is 1.32 bits per heavy atom. The van der Waals surface area contributed by atoms with Crippen LogP contribution >= 0.6 is 0 Å². The first-order valence-electron chi connectivity index (χ1n) is 7.93. The summed E-state index contributed by atoms with van der Waals surface area (Å²) in [7, 11) is 1.92. The highest BCUT2D eigenvalue weighted by Gasteiger charge is 2.47. The van der Waals surface area contributed by atoms with Crippen LogP contribution in [-0.2, 0) is 11.8 Å². The second kappa shape index (κ2) is 5.23. The molecule has 0 bridgehead atoms. The van der Waals surface area contributed by atoms with E-state index in [4.69, 9.17) is 0 Å². The lowest BCUT2D eigenvalue weighted by Crippen LogP contribution is -2.32. The summed E-state index contributed by atoms with van der Waals surface area (Å²) in [5.74, 6) is 0.804. The lowest BCUT2D eigenvalue weighted by atomic mass is 10.1. The summed E-state index contributed by atoms with van der Waals surface area (Å²) in [6.45, 7) is 0.870. The number of pyridine rings is 1. The van der Waals surface area contributed by atoms with Gasteiger partial charge in [0, 0.05) is 43.7 Å². The van der Waals surface area contributed by atoms with E-state index in [9.17, 15) is 4.79 Å². The molecule has 0 spiro atoms. The first-order valence-corrected chi connectivity index (χ1v) is 7.93. The number of nitrogens with zero attached hydrogens (tertiary/aromatic N) is 4. The molecule has 3 heterocycles. The second-order valence-corrected chi connectivity index (χ2v) is 6.37. The minimum Gasteiger partial charge on any atom is -0.335 e. The fourth-order valence-corrected chi connectivity index (χ4v) is 3.63. The fraction of sp³-hybridized carbons (Fsp3) is 0.471. The second-order valence-electron chi connectivity index (χ2n) is 6.37. The summed E-state index contributed by atoms with van der Waals surface area (Å²) in [5.41, 5.74) is 2.35. The van der Waals surface area contributed by atoms with E-state index < -0.39 is 0 Å². The molecule has 22 heavy (non-hydrogen) atoms. The van der Waals surface area contributed by atoms with Crippen LogP contribution in [0.5, 0.6) is 0 Å². The first kappa shape index (κ1) is 13.5. The molecular formula is C17H20N4O. The molecule has 2 aliphatic rings. The molecule has 2 fully saturated rings. The molecule has 5 nitrogen and oxygen atoms in total. The molecule has 5 heteroatoms. The van der Waals surface area contributed by atoms with Crippen LogP contribution in [0.1, 0.15) is 42.3 Å². The summed E-state index contributed by atoms with van der Waals surface area (Å²) < 4.78 is 1.81. The average Bonchev–Trinajstić information content (AvgIpc) is 2.98. The van der Waals surface area contributed by atoms with Crippen LogP contribution in [0.3, 0.4) is 0 Å². The van der Waals surface area contributed by atoms with E-state index in [1.54, 1.807) is 6.20 Å². The minimum absolute atomic E-state index is 0.140. The predicted molar refractivity (Wildman–Crippen MR) is 82.0 cm³/mol. The van der Waals surface area contributed by atoms with Crippen LogP contribution in [0.25, 0.3) is 0 Å². The van der Waals surface area contributed by atoms with Crippen molar-refractivity contribution in [1.29, 1.82) is 0 Å². The molecule has 1 amide bonds. The van der Waals surface area contributed by atoms with Crippen molar-refractivity contribution < 1.29 is 4.79 Å². The van der Waals surface area contributed by atoms with Crippen LogP contribution in [0, 0.1) is 5.92 Å². The summed E-state index contributed by atoms with van der Waals surface area (Å²) >= 11 is 0. The molecule has 3 unspecified atom stereocenters. The van der Waals surface area contributed by atoms with Gasteiger partial charge in [0.25, 0.3) is 0 Å². The number of likely N-dealkylation sites (tertiary alicyclic amines) is 1. The molecule has 3 atom stereocenters. The summed E-state index contributed by atoms with van der Waals surface area (Å²) in [6, 6.07) is 4.23. The van der Waals surface area contributed by atoms with Gasteiger partial charge in [0.1, 0.15) is 0 Å². The van der Waals surface area contributed by atoms with E-state index in [0.29, 0.717) is 11.8 Å². The van der Waals surface area contributed by atoms with Gasteiger partial charge in [-0.25, -0.2) is 0 Å². The van der Waals surface area contributed by atoms with Crippen molar-refractivity contribution in [2.24, 2.45) is 13.0 Å². The molecular weight excluding hydrogens is 276 g/mol. The lowest BCUT2D eigenvalue weighted by molar-refractivity contribution is -0.133. The van der Waals surface area contributed by atoms with Gasteiger partial charge in [-0.3, -0.25) is 14.5 Å². The Morgan fingerprint density at radius 2 is 2.23 bits per heavy atom. The van der Waals surface area contributed by atoms with E-state index in [1.807, 2.05) is 36.4 Å². The number of aryl methyl sites for hydroxylation is 1. The van der Waals surface area contributed by atoms with Gasteiger partial charge in [-0.2, -0.15) is 5.10 Å². The van der Waals surface area contributed by atoms with Crippen LogP contribution in [0.15, 0.2) is 36.9 Å². The minimum atomic E-state index is 0.140. The van der Waals surface area contributed by atoms with Gasteiger partial charge < -0.3 is 4.90 Å². The highest BCUT2D eigenvalue weighted by molar-refractivity contribution is 5.83. The van der Waals surface area contributed by atoms with Gasteiger partial charge >= 0.3 is 0 Å². The number of carbonyl (C=O) groups excluding carboxylic acids is 1. The smallest absolute Gasteiger partial charge is 0.226 e. The standard InChI is InChI=1S/C17H20N4O/c1-20-11-13(10-19-20)16-5-3-7-21(16)17(22)15-8-14(15)12-4-2-6-18-9-12/h2,4,6,9-11,14-16H,3,5,7-8H2,1H3. The summed E-state index contributed by atoms with van der Waals surface area (Å²) in [5, 5.41) is 4.25. The lowest BCUT2D eigenvalue weighted by Gasteiger charge is -2.24. The Labute approximate surface area is 130 Å². The van der Waals surface area contributed by atoms with E-state index in [1.165, 1.54) is 5.56 Å². The molecule has 0 radical (unpaired) electrons. The zero-order chi connectivity index (χ0) is 15.1. The van der Waals surface area contributed by atoms with Crippen molar-refractivity contribution in [3.05, 3.63) is 48.0 Å². The van der Waals surface area contributed by atoms with Crippen molar-refractivity contribution in [1.82, 2.24) is 19.7 Å². The number of amides is 1. The van der Waals surface area contributed by atoms with Gasteiger partial charge in [0.15, 0.2) is 0 Å². The maximum atomic E-state index is 12.9. The molecule has 114 valence electrons. The van der Waals surface area contributed by atoms with E-state index in [0.717, 1.165) is 31.4 Å². The molecule has 1 aliphatic heterocycles. The zero-order valence-corrected chi connectivity index (χ0v) is 12.7. The SMILES string of the molecule is Cn1cc(C2CCCN2C(=O)C2CC2c2cccnc2)cn1. The number of rotatable bonds is 3. The number of hydrogen-bond donors (Lipinski definition) is 0. The topological polar surface area (TPSA) is 51.0 Å². The highest BCUT2D eigenvalue weighted by atomic mass is 16.2. The van der Waals surface area contributed by atoms with Crippen molar-refractivity contribution in [3.63, 3.8) is 0 Å². The van der Waals surface area contributed by atoms with Gasteiger partial charge in [-0.15, -0.1) is 0 Å². The molecule has 1 saturated heterocycles. The average molecular weight is 296 g/mol. The Hall–Kier alpha value is -2.17. The number of aromatic nitrogens is 3. The van der Waals surface area contributed by atoms with Gasteiger partial charge in [0.2, 0.25) is 5.91 Å². The highest BCUT2D eigenvalue weighted by Crippen LogP contribution is 2.49. The molecule has 1 aliphatic carbocycles. The van der Waals surface area contributed by atoms with E-state index >= 15 is 0 Å². The molecule has 2 aromatic heterocycles. The van der Waals surface area contributed by atoms with Gasteiger partial charge in [0.05, 0.1) is 12.2 Å². The van der Waals surface area contributed by atoms with Gasteiger partial charge in [-0.05, 0) is 36.8 Å². The Kier molecular flexibility index (Phi) is 3.21. The third-order valence-corrected chi connectivity index (χ3v) is 4.87. The summed E-state index contributed by atoms with van der Waals surface area (Å²) in [6.07, 6.45) is 10.7. The zero-order valence-electron chi connectivity index (χ0n) is 12.7. The van der Waals surface area contributed by atoms with E-state index in [-0.39, 0.29) is 12.0 Å². The molecule has 0 aromatic carbocycles. The van der Waals surface area contributed by atoms with Gasteiger partial charge in [-0.1, -0.05) is 6.07 Å².